The van der Waals surface area contributed by atoms with E-state index in [1.807, 2.05) is 0 Å². The molecule has 6 heteroatoms. The van der Waals surface area contributed by atoms with Crippen LogP contribution in [0.3, 0.4) is 0 Å². The van der Waals surface area contributed by atoms with Gasteiger partial charge in [-0.1, -0.05) is 6.08 Å². The van der Waals surface area contributed by atoms with E-state index in [1.54, 1.807) is 0 Å². The first-order valence-corrected chi connectivity index (χ1v) is 3.28. The molecule has 0 saturated heterocycles. The summed E-state index contributed by atoms with van der Waals surface area (Å²) < 4.78 is 0. The average Bonchev–Trinajstić information content (AvgIpc) is 2.47. The average molecular weight is 168 g/mol. The molecule has 1 aromatic rings. The van der Waals surface area contributed by atoms with Crippen molar-refractivity contribution in [2.75, 3.05) is 6.54 Å². The fourth-order valence-corrected chi connectivity index (χ4v) is 0.626. The van der Waals surface area contributed by atoms with E-state index in [0.717, 1.165) is 0 Å². The first kappa shape index (κ1) is 8.25. The summed E-state index contributed by atoms with van der Waals surface area (Å²) in [6, 6.07) is 0. The van der Waals surface area contributed by atoms with E-state index in [1.165, 1.54) is 6.08 Å². The summed E-state index contributed by atoms with van der Waals surface area (Å²) in [5.41, 5.74) is -0.501. The Balaban J connectivity index is 2.65. The molecule has 0 bridgehead atoms. The maximum absolute atomic E-state index is 11.0. The van der Waals surface area contributed by atoms with Crippen LogP contribution >= 0.6 is 0 Å². The van der Waals surface area contributed by atoms with Crippen LogP contribution in [0.15, 0.2) is 17.4 Å². The van der Waals surface area contributed by atoms with Gasteiger partial charge in [0.05, 0.1) is 0 Å². The third-order valence-corrected chi connectivity index (χ3v) is 1.12. The van der Waals surface area contributed by atoms with Gasteiger partial charge in [0.2, 0.25) is 5.82 Å². The molecule has 12 heavy (non-hydrogen) atoms. The predicted molar refractivity (Wildman–Crippen MR) is 41.7 cm³/mol. The van der Waals surface area contributed by atoms with Gasteiger partial charge in [-0.2, -0.15) is 0 Å². The van der Waals surface area contributed by atoms with Gasteiger partial charge in [0.15, 0.2) is 0 Å². The third-order valence-electron chi connectivity index (χ3n) is 1.12. The number of carbonyl (C=O) groups excluding carboxylic acids is 1. The number of H-pyrrole nitrogens is 2. The molecular formula is C6H8N4O2. The molecule has 0 aliphatic rings. The van der Waals surface area contributed by atoms with Crippen LogP contribution in [0.1, 0.15) is 10.6 Å². The van der Waals surface area contributed by atoms with Crippen LogP contribution in [-0.2, 0) is 0 Å². The Kier molecular flexibility index (Phi) is 2.42. The summed E-state index contributed by atoms with van der Waals surface area (Å²) in [6.45, 7) is 3.76. The normalized spacial score (nSPS) is 9.33. The number of hydrogen-bond donors (Lipinski definition) is 3. The second-order valence-electron chi connectivity index (χ2n) is 2.03. The number of amides is 1. The van der Waals surface area contributed by atoms with E-state index in [4.69, 9.17) is 0 Å². The monoisotopic (exact) mass is 168 g/mol. The standard InChI is InChI=1S/C6H8N4O2/c1-2-3-7-5(11)4-8-6(12)10-9-4/h2H,1,3H2,(H,7,11)(H2,8,9,10,12). The van der Waals surface area contributed by atoms with Crippen LogP contribution in [0, 0.1) is 0 Å². The van der Waals surface area contributed by atoms with Crippen molar-refractivity contribution >= 4 is 5.91 Å². The Hall–Kier alpha value is -1.85. The topological polar surface area (TPSA) is 90.6 Å². The highest BCUT2D eigenvalue weighted by Gasteiger charge is 2.07. The highest BCUT2D eigenvalue weighted by atomic mass is 16.2. The quantitative estimate of drug-likeness (QED) is 0.506. The lowest BCUT2D eigenvalue weighted by atomic mass is 10.5. The molecule has 0 aliphatic carbocycles. The van der Waals surface area contributed by atoms with Gasteiger partial charge in [-0.05, 0) is 0 Å². The Labute approximate surface area is 67.7 Å². The Bertz CT molecular complexity index is 337. The van der Waals surface area contributed by atoms with Crippen molar-refractivity contribution in [3.05, 3.63) is 29.0 Å². The molecule has 0 aromatic carbocycles. The van der Waals surface area contributed by atoms with Crippen molar-refractivity contribution in [1.29, 1.82) is 0 Å². The van der Waals surface area contributed by atoms with Gasteiger partial charge in [0, 0.05) is 6.54 Å². The molecule has 64 valence electrons. The Morgan fingerprint density at radius 2 is 2.50 bits per heavy atom. The van der Waals surface area contributed by atoms with Gasteiger partial charge in [-0.25, -0.2) is 9.89 Å². The van der Waals surface area contributed by atoms with Crippen LogP contribution in [0.25, 0.3) is 0 Å². The summed E-state index contributed by atoms with van der Waals surface area (Å²) >= 11 is 0. The Morgan fingerprint density at radius 1 is 1.75 bits per heavy atom. The predicted octanol–water partition coefficient (Wildman–Crippen LogP) is -0.986. The van der Waals surface area contributed by atoms with E-state index >= 15 is 0 Å². The molecule has 0 unspecified atom stereocenters. The number of hydrogen-bond acceptors (Lipinski definition) is 3. The largest absolute Gasteiger partial charge is 0.346 e. The lowest BCUT2D eigenvalue weighted by molar-refractivity contribution is 0.0948. The third kappa shape index (κ3) is 1.82. The lowest BCUT2D eigenvalue weighted by Crippen LogP contribution is -2.24. The first-order chi connectivity index (χ1) is 5.74. The van der Waals surface area contributed by atoms with Crippen molar-refractivity contribution in [2.45, 2.75) is 0 Å². The highest BCUT2D eigenvalue weighted by molar-refractivity contribution is 5.90. The summed E-state index contributed by atoms with van der Waals surface area (Å²) in [5.74, 6) is -0.463. The second-order valence-corrected chi connectivity index (χ2v) is 2.03. The molecule has 6 nitrogen and oxygen atoms in total. The molecular weight excluding hydrogens is 160 g/mol. The van der Waals surface area contributed by atoms with Gasteiger partial charge in [-0.15, -0.1) is 11.7 Å². The zero-order valence-corrected chi connectivity index (χ0v) is 6.26. The molecule has 1 aromatic heterocycles. The van der Waals surface area contributed by atoms with Crippen molar-refractivity contribution < 1.29 is 4.79 Å². The van der Waals surface area contributed by atoms with Gasteiger partial charge >= 0.3 is 5.69 Å². The molecule has 1 heterocycles. The minimum absolute atomic E-state index is 0.0261. The van der Waals surface area contributed by atoms with Gasteiger partial charge in [0.25, 0.3) is 5.91 Å². The van der Waals surface area contributed by atoms with Crippen LogP contribution in [-0.4, -0.2) is 27.6 Å². The van der Waals surface area contributed by atoms with Crippen molar-refractivity contribution in [1.82, 2.24) is 20.5 Å². The highest BCUT2D eigenvalue weighted by Crippen LogP contribution is 1.80. The second kappa shape index (κ2) is 3.51. The number of aromatic nitrogens is 3. The molecule has 0 atom stereocenters. The summed E-state index contributed by atoms with van der Waals surface area (Å²) in [4.78, 5) is 23.7. The van der Waals surface area contributed by atoms with Gasteiger partial charge in [-0.3, -0.25) is 9.78 Å². The fraction of sp³-hybridized carbons (Fsp3) is 0.167. The molecule has 0 radical (unpaired) electrons. The smallest absolute Gasteiger partial charge is 0.341 e. The molecule has 0 aliphatic heterocycles. The number of nitrogens with one attached hydrogen (secondary N) is 3. The zero-order valence-electron chi connectivity index (χ0n) is 6.26. The summed E-state index contributed by atoms with van der Waals surface area (Å²) in [7, 11) is 0. The van der Waals surface area contributed by atoms with E-state index in [2.05, 4.69) is 27.1 Å². The Morgan fingerprint density at radius 3 is 3.00 bits per heavy atom. The molecule has 0 fully saturated rings. The zero-order chi connectivity index (χ0) is 8.97. The minimum atomic E-state index is -0.501. The first-order valence-electron chi connectivity index (χ1n) is 3.28. The maximum atomic E-state index is 11.0. The van der Waals surface area contributed by atoms with E-state index < -0.39 is 11.6 Å². The molecule has 0 saturated carbocycles. The molecule has 0 spiro atoms. The van der Waals surface area contributed by atoms with Crippen molar-refractivity contribution in [3.8, 4) is 0 Å². The van der Waals surface area contributed by atoms with E-state index in [9.17, 15) is 9.59 Å². The van der Waals surface area contributed by atoms with Crippen molar-refractivity contribution in [2.24, 2.45) is 0 Å². The number of carbonyl (C=O) groups is 1. The molecule has 3 N–H and O–H groups in total. The summed E-state index contributed by atoms with van der Waals surface area (Å²) in [5, 5.41) is 7.96. The summed E-state index contributed by atoms with van der Waals surface area (Å²) in [6.07, 6.45) is 1.53. The molecule has 1 rings (SSSR count). The van der Waals surface area contributed by atoms with Crippen molar-refractivity contribution in [3.63, 3.8) is 0 Å². The molecule has 1 amide bonds. The van der Waals surface area contributed by atoms with Crippen LogP contribution < -0.4 is 11.0 Å². The van der Waals surface area contributed by atoms with Crippen LogP contribution in [0.2, 0.25) is 0 Å². The van der Waals surface area contributed by atoms with E-state index in [0.29, 0.717) is 6.54 Å². The van der Waals surface area contributed by atoms with Gasteiger partial charge < -0.3 is 5.32 Å². The fourth-order valence-electron chi connectivity index (χ4n) is 0.626. The number of rotatable bonds is 3. The van der Waals surface area contributed by atoms with Gasteiger partial charge in [0.1, 0.15) is 0 Å². The van der Waals surface area contributed by atoms with E-state index in [-0.39, 0.29) is 5.82 Å². The lowest BCUT2D eigenvalue weighted by Gasteiger charge is -1.95. The van der Waals surface area contributed by atoms with Crippen LogP contribution in [0.5, 0.6) is 0 Å². The number of aromatic amines is 2. The number of nitrogens with zero attached hydrogens (tertiary/aromatic N) is 1. The SMILES string of the molecule is C=CCNC(=O)c1n[nH]c(=O)[nH]1. The van der Waals surface area contributed by atoms with Crippen LogP contribution in [0.4, 0.5) is 0 Å². The minimum Gasteiger partial charge on any atom is -0.346 e. The maximum Gasteiger partial charge on any atom is 0.341 e.